The summed E-state index contributed by atoms with van der Waals surface area (Å²) >= 11 is 6.06. The topological polar surface area (TPSA) is 111 Å². The van der Waals surface area contributed by atoms with Gasteiger partial charge in [0.1, 0.15) is 17.3 Å². The van der Waals surface area contributed by atoms with E-state index in [9.17, 15) is 4.79 Å². The van der Waals surface area contributed by atoms with Crippen molar-refractivity contribution in [1.29, 1.82) is 0 Å². The van der Waals surface area contributed by atoms with Crippen molar-refractivity contribution in [3.05, 3.63) is 46.8 Å². The molecule has 3 aromatic rings. The van der Waals surface area contributed by atoms with E-state index in [0.29, 0.717) is 39.6 Å². The van der Waals surface area contributed by atoms with Gasteiger partial charge in [0, 0.05) is 18.2 Å². The number of amides is 1. The molecule has 9 nitrogen and oxygen atoms in total. The van der Waals surface area contributed by atoms with Crippen LogP contribution in [0.3, 0.4) is 0 Å². The van der Waals surface area contributed by atoms with E-state index in [-0.39, 0.29) is 5.69 Å². The summed E-state index contributed by atoms with van der Waals surface area (Å²) in [7, 11) is 2.95. The molecule has 140 valence electrons. The lowest BCUT2D eigenvalue weighted by Crippen LogP contribution is -2.15. The van der Waals surface area contributed by atoms with E-state index >= 15 is 0 Å². The maximum atomic E-state index is 12.4. The number of halogens is 1. The number of anilines is 3. The zero-order valence-electron chi connectivity index (χ0n) is 14.7. The van der Waals surface area contributed by atoms with Crippen molar-refractivity contribution in [1.82, 2.24) is 15.4 Å². The van der Waals surface area contributed by atoms with Gasteiger partial charge in [0.05, 0.1) is 24.9 Å². The van der Waals surface area contributed by atoms with Crippen LogP contribution in [-0.4, -0.2) is 35.5 Å². The predicted octanol–water partition coefficient (Wildman–Crippen LogP) is 3.44. The number of benzene rings is 1. The number of aromatic nitrogens is 3. The summed E-state index contributed by atoms with van der Waals surface area (Å²) in [5.74, 6) is 1.91. The highest BCUT2D eigenvalue weighted by molar-refractivity contribution is 6.32. The molecule has 0 atom stereocenters. The summed E-state index contributed by atoms with van der Waals surface area (Å²) in [5, 5.41) is 17.6. The molecule has 27 heavy (non-hydrogen) atoms. The van der Waals surface area contributed by atoms with Crippen LogP contribution in [-0.2, 0) is 0 Å². The lowest BCUT2D eigenvalue weighted by molar-refractivity contribution is 0.102. The number of carbonyl (C=O) groups excluding carboxylic acids is 1. The summed E-state index contributed by atoms with van der Waals surface area (Å²) < 4.78 is 15.3. The van der Waals surface area contributed by atoms with Crippen molar-refractivity contribution in [2.75, 3.05) is 24.9 Å². The van der Waals surface area contributed by atoms with Crippen LogP contribution in [0.5, 0.6) is 11.5 Å². The first kappa shape index (κ1) is 18.5. The number of ether oxygens (including phenoxy) is 2. The van der Waals surface area contributed by atoms with Gasteiger partial charge >= 0.3 is 0 Å². The molecular weight excluding hydrogens is 374 g/mol. The number of carbonyl (C=O) groups is 1. The Kier molecular flexibility index (Phi) is 5.41. The fraction of sp³-hybridized carbons (Fsp3) is 0.176. The van der Waals surface area contributed by atoms with Crippen molar-refractivity contribution >= 4 is 34.8 Å². The zero-order valence-corrected chi connectivity index (χ0v) is 15.5. The third-order valence-corrected chi connectivity index (χ3v) is 3.80. The van der Waals surface area contributed by atoms with Gasteiger partial charge in [-0.3, -0.25) is 4.79 Å². The zero-order chi connectivity index (χ0) is 19.4. The third-order valence-electron chi connectivity index (χ3n) is 3.50. The highest BCUT2D eigenvalue weighted by Gasteiger charge is 2.15. The summed E-state index contributed by atoms with van der Waals surface area (Å²) in [4.78, 5) is 12.4. The Hall–Kier alpha value is -3.33. The molecule has 10 heteroatoms. The summed E-state index contributed by atoms with van der Waals surface area (Å²) in [5.41, 5.74) is 0.513. The highest BCUT2D eigenvalue weighted by Crippen LogP contribution is 2.36. The fourth-order valence-electron chi connectivity index (χ4n) is 2.22. The van der Waals surface area contributed by atoms with Crippen LogP contribution in [0.4, 0.5) is 17.3 Å². The summed E-state index contributed by atoms with van der Waals surface area (Å²) in [6.07, 6.45) is 0. The molecule has 0 unspecified atom stereocenters. The molecule has 0 saturated heterocycles. The third kappa shape index (κ3) is 4.26. The van der Waals surface area contributed by atoms with Crippen LogP contribution in [0.1, 0.15) is 16.2 Å². The van der Waals surface area contributed by atoms with Gasteiger partial charge in [-0.25, -0.2) is 0 Å². The van der Waals surface area contributed by atoms with Gasteiger partial charge in [-0.05, 0) is 19.1 Å². The number of nitrogens with one attached hydrogen (secondary N) is 2. The number of hydrogen-bond acceptors (Lipinski definition) is 8. The van der Waals surface area contributed by atoms with Gasteiger partial charge in [-0.2, -0.15) is 0 Å². The van der Waals surface area contributed by atoms with Crippen molar-refractivity contribution in [3.8, 4) is 11.5 Å². The molecule has 2 N–H and O–H groups in total. The molecule has 0 radical (unpaired) electrons. The van der Waals surface area contributed by atoms with E-state index in [1.54, 1.807) is 31.2 Å². The van der Waals surface area contributed by atoms with E-state index in [0.717, 1.165) is 0 Å². The lowest BCUT2D eigenvalue weighted by atomic mass is 10.2. The first-order valence-corrected chi connectivity index (χ1v) is 8.15. The Balaban J connectivity index is 1.74. The van der Waals surface area contributed by atoms with Crippen LogP contribution in [0.25, 0.3) is 0 Å². The van der Waals surface area contributed by atoms with Gasteiger partial charge in [-0.1, -0.05) is 16.8 Å². The minimum atomic E-state index is -0.464. The molecule has 0 bridgehead atoms. The van der Waals surface area contributed by atoms with E-state index in [4.69, 9.17) is 25.6 Å². The van der Waals surface area contributed by atoms with Crippen LogP contribution in [0.15, 0.2) is 34.9 Å². The molecule has 2 heterocycles. The van der Waals surface area contributed by atoms with Gasteiger partial charge < -0.3 is 24.6 Å². The Labute approximate surface area is 159 Å². The summed E-state index contributed by atoms with van der Waals surface area (Å²) in [6, 6.07) is 7.95. The maximum Gasteiger partial charge on any atom is 0.276 e. The second kappa shape index (κ2) is 7.92. The molecule has 0 saturated carbocycles. The van der Waals surface area contributed by atoms with Crippen molar-refractivity contribution in [3.63, 3.8) is 0 Å². The average molecular weight is 390 g/mol. The van der Waals surface area contributed by atoms with Crippen LogP contribution < -0.4 is 20.1 Å². The molecule has 0 aliphatic carbocycles. The molecule has 1 amide bonds. The van der Waals surface area contributed by atoms with Crippen molar-refractivity contribution in [2.45, 2.75) is 6.92 Å². The second-order valence-electron chi connectivity index (χ2n) is 5.39. The monoisotopic (exact) mass is 389 g/mol. The second-order valence-corrected chi connectivity index (χ2v) is 5.80. The fourth-order valence-corrected chi connectivity index (χ4v) is 2.45. The van der Waals surface area contributed by atoms with E-state index < -0.39 is 5.91 Å². The molecule has 0 aliphatic heterocycles. The van der Waals surface area contributed by atoms with E-state index in [2.05, 4.69) is 26.0 Å². The molecule has 2 aromatic heterocycles. The van der Waals surface area contributed by atoms with Crippen LogP contribution >= 0.6 is 11.6 Å². The number of rotatable bonds is 6. The Bertz CT molecular complexity index is 958. The minimum Gasteiger partial charge on any atom is -0.495 e. The number of hydrogen-bond donors (Lipinski definition) is 2. The Morgan fingerprint density at radius 1 is 1.07 bits per heavy atom. The number of nitrogens with zero attached hydrogens (tertiary/aromatic N) is 3. The number of aryl methyl sites for hydroxylation is 1. The lowest BCUT2D eigenvalue weighted by Gasteiger charge is -2.13. The van der Waals surface area contributed by atoms with Gasteiger partial charge in [0.2, 0.25) is 0 Å². The van der Waals surface area contributed by atoms with Crippen molar-refractivity contribution < 1.29 is 18.8 Å². The van der Waals surface area contributed by atoms with Crippen molar-refractivity contribution in [2.24, 2.45) is 0 Å². The van der Waals surface area contributed by atoms with Gasteiger partial charge in [0.25, 0.3) is 5.91 Å². The molecule has 1 aromatic carbocycles. The first-order chi connectivity index (χ1) is 13.0. The Morgan fingerprint density at radius 3 is 2.44 bits per heavy atom. The predicted molar refractivity (Wildman–Crippen MR) is 99.1 cm³/mol. The molecular formula is C17H16ClN5O4. The normalized spacial score (nSPS) is 10.4. The SMILES string of the molecule is COc1cc(NC(=O)c2ccc(Nc3cc(C)on3)nn2)c(OC)cc1Cl. The maximum absolute atomic E-state index is 12.4. The Morgan fingerprint density at radius 2 is 1.85 bits per heavy atom. The first-order valence-electron chi connectivity index (χ1n) is 7.77. The van der Waals surface area contributed by atoms with E-state index in [1.165, 1.54) is 20.3 Å². The largest absolute Gasteiger partial charge is 0.495 e. The van der Waals surface area contributed by atoms with Crippen LogP contribution in [0.2, 0.25) is 5.02 Å². The quantitative estimate of drug-likeness (QED) is 0.659. The van der Waals surface area contributed by atoms with Gasteiger partial charge in [-0.15, -0.1) is 10.2 Å². The number of methoxy groups -OCH3 is 2. The van der Waals surface area contributed by atoms with Gasteiger partial charge in [0.15, 0.2) is 17.3 Å². The highest BCUT2D eigenvalue weighted by atomic mass is 35.5. The molecule has 0 spiro atoms. The average Bonchev–Trinajstić information content (AvgIpc) is 3.08. The summed E-state index contributed by atoms with van der Waals surface area (Å²) in [6.45, 7) is 1.78. The van der Waals surface area contributed by atoms with E-state index in [1.807, 2.05) is 0 Å². The standard InChI is InChI=1S/C17H16ClN5O4/c1-9-6-16(23-27-9)20-15-5-4-11(21-22-15)17(24)19-12-8-13(25-2)10(18)7-14(12)26-3/h4-8H,1-3H3,(H,19,24)(H,20,22,23). The molecule has 0 aliphatic rings. The van der Waals surface area contributed by atoms with Crippen LogP contribution in [0, 0.1) is 6.92 Å². The molecule has 3 rings (SSSR count). The minimum absolute atomic E-state index is 0.118. The smallest absolute Gasteiger partial charge is 0.276 e. The molecule has 0 fully saturated rings.